The first-order valence-corrected chi connectivity index (χ1v) is 10.1. The number of benzene rings is 1. The van der Waals surface area contributed by atoms with Crippen LogP contribution in [0.25, 0.3) is 11.5 Å². The normalized spacial score (nSPS) is 23.9. The average molecular weight is 413 g/mol. The van der Waals surface area contributed by atoms with Crippen molar-refractivity contribution in [3.63, 3.8) is 0 Å². The maximum atomic E-state index is 13.4. The number of fused-ring (bicyclic) bond motifs is 2. The average Bonchev–Trinajstić information content (AvgIpc) is 3.39. The lowest BCUT2D eigenvalue weighted by molar-refractivity contribution is -0.138. The molecule has 2 fully saturated rings. The Morgan fingerprint density at radius 2 is 1.83 bits per heavy atom. The third kappa shape index (κ3) is 3.24. The summed E-state index contributed by atoms with van der Waals surface area (Å²) in [5.41, 5.74) is 1.69. The largest absolute Gasteiger partial charge is 0.416 e. The van der Waals surface area contributed by atoms with E-state index in [9.17, 15) is 13.2 Å². The molecule has 1 unspecified atom stereocenters. The molecule has 1 saturated carbocycles. The topological polar surface area (TPSA) is 46.3 Å². The predicted molar refractivity (Wildman–Crippen MR) is 107 cm³/mol. The zero-order valence-electron chi connectivity index (χ0n) is 16.6. The second-order valence-corrected chi connectivity index (χ2v) is 8.44. The first-order valence-electron chi connectivity index (χ1n) is 10.1. The van der Waals surface area contributed by atoms with Gasteiger partial charge in [-0.25, -0.2) is 9.50 Å². The highest BCUT2D eigenvalue weighted by Crippen LogP contribution is 2.49. The molecule has 1 aliphatic carbocycles. The second-order valence-electron chi connectivity index (χ2n) is 8.44. The van der Waals surface area contributed by atoms with Gasteiger partial charge in [0.2, 0.25) is 0 Å². The Morgan fingerprint density at radius 1 is 1.13 bits per heavy atom. The molecule has 5 rings (SSSR count). The fourth-order valence-corrected chi connectivity index (χ4v) is 5.02. The van der Waals surface area contributed by atoms with Crippen LogP contribution in [0.5, 0.6) is 0 Å². The SMILES string of the molecule is C=C(c1nc2ncc(C)cn2n1)N1C[C@H]2CC(c3ccccc3C(F)(F)F)C[C@H]2C1. The van der Waals surface area contributed by atoms with Crippen LogP contribution in [0.4, 0.5) is 13.2 Å². The molecule has 0 spiro atoms. The summed E-state index contributed by atoms with van der Waals surface area (Å²) in [5, 5.41) is 4.49. The van der Waals surface area contributed by atoms with Crippen LogP contribution in [0.3, 0.4) is 0 Å². The van der Waals surface area contributed by atoms with Crippen molar-refractivity contribution < 1.29 is 13.2 Å². The minimum Gasteiger partial charge on any atom is -0.368 e. The standard InChI is InChI=1S/C22H22F3N5/c1-13-9-26-21-27-20(28-30(21)10-13)14(2)29-11-16-7-15(8-17(16)12-29)18-5-3-4-6-19(18)22(23,24)25/h3-6,9-10,15-17H,2,7-8,11-12H2,1H3/t15?,16-,17+. The molecular weight excluding hydrogens is 391 g/mol. The van der Waals surface area contributed by atoms with Gasteiger partial charge in [0, 0.05) is 25.5 Å². The van der Waals surface area contributed by atoms with Crippen molar-refractivity contribution in [2.45, 2.75) is 31.9 Å². The van der Waals surface area contributed by atoms with Crippen molar-refractivity contribution in [3.05, 3.63) is 65.8 Å². The maximum Gasteiger partial charge on any atom is 0.416 e. The molecule has 1 aromatic carbocycles. The number of hydrogen-bond acceptors (Lipinski definition) is 4. The highest BCUT2D eigenvalue weighted by atomic mass is 19.4. The van der Waals surface area contributed by atoms with Gasteiger partial charge in [0.25, 0.3) is 5.78 Å². The quantitative estimate of drug-likeness (QED) is 0.632. The molecule has 5 nitrogen and oxygen atoms in total. The summed E-state index contributed by atoms with van der Waals surface area (Å²) in [5.74, 6) is 1.73. The van der Waals surface area contributed by atoms with Crippen LogP contribution in [-0.4, -0.2) is 37.6 Å². The fourth-order valence-electron chi connectivity index (χ4n) is 5.02. The molecule has 1 saturated heterocycles. The van der Waals surface area contributed by atoms with Crippen molar-refractivity contribution in [2.24, 2.45) is 11.8 Å². The smallest absolute Gasteiger partial charge is 0.368 e. The van der Waals surface area contributed by atoms with E-state index < -0.39 is 11.7 Å². The van der Waals surface area contributed by atoms with E-state index in [0.29, 0.717) is 29.0 Å². The fraction of sp³-hybridized carbons (Fsp3) is 0.409. The number of nitrogens with zero attached hydrogens (tertiary/aromatic N) is 5. The van der Waals surface area contributed by atoms with Gasteiger partial charge < -0.3 is 4.90 Å². The number of aromatic nitrogens is 4. The van der Waals surface area contributed by atoms with Crippen molar-refractivity contribution in [2.75, 3.05) is 13.1 Å². The van der Waals surface area contributed by atoms with E-state index >= 15 is 0 Å². The summed E-state index contributed by atoms with van der Waals surface area (Å²) in [6, 6.07) is 6.01. The maximum absolute atomic E-state index is 13.4. The van der Waals surface area contributed by atoms with E-state index in [-0.39, 0.29) is 5.92 Å². The van der Waals surface area contributed by atoms with E-state index in [0.717, 1.165) is 37.2 Å². The molecule has 0 bridgehead atoms. The summed E-state index contributed by atoms with van der Waals surface area (Å²) in [6.07, 6.45) is 0.834. The van der Waals surface area contributed by atoms with Crippen LogP contribution < -0.4 is 0 Å². The first-order chi connectivity index (χ1) is 14.3. The molecular formula is C22H22F3N5. The van der Waals surface area contributed by atoms with Gasteiger partial charge >= 0.3 is 6.18 Å². The lowest BCUT2D eigenvalue weighted by Gasteiger charge is -2.23. The zero-order chi connectivity index (χ0) is 21.0. The number of rotatable bonds is 3. The first kappa shape index (κ1) is 19.1. The Hall–Kier alpha value is -2.90. The summed E-state index contributed by atoms with van der Waals surface area (Å²) in [4.78, 5) is 10.9. The van der Waals surface area contributed by atoms with E-state index in [1.54, 1.807) is 22.8 Å². The number of likely N-dealkylation sites (tertiary alicyclic amines) is 1. The molecule has 3 heterocycles. The van der Waals surface area contributed by atoms with Crippen LogP contribution in [0.15, 0.2) is 43.2 Å². The molecule has 0 N–H and O–H groups in total. The number of alkyl halides is 3. The van der Waals surface area contributed by atoms with Gasteiger partial charge in [-0.05, 0) is 54.7 Å². The minimum atomic E-state index is -4.31. The molecule has 2 aromatic heterocycles. The molecule has 0 radical (unpaired) electrons. The molecule has 2 aliphatic rings. The van der Waals surface area contributed by atoms with Crippen molar-refractivity contribution in [3.8, 4) is 0 Å². The van der Waals surface area contributed by atoms with Gasteiger partial charge in [-0.2, -0.15) is 18.2 Å². The summed E-state index contributed by atoms with van der Waals surface area (Å²) >= 11 is 0. The Morgan fingerprint density at radius 3 is 2.53 bits per heavy atom. The van der Waals surface area contributed by atoms with Crippen LogP contribution in [-0.2, 0) is 6.18 Å². The molecule has 3 atom stereocenters. The second kappa shape index (κ2) is 6.82. The minimum absolute atomic E-state index is 0.0475. The van der Waals surface area contributed by atoms with Crippen molar-refractivity contribution in [1.29, 1.82) is 0 Å². The number of hydrogen-bond donors (Lipinski definition) is 0. The zero-order valence-corrected chi connectivity index (χ0v) is 16.6. The van der Waals surface area contributed by atoms with Crippen LogP contribution >= 0.6 is 0 Å². The monoisotopic (exact) mass is 413 g/mol. The Kier molecular flexibility index (Phi) is 4.34. The molecule has 30 heavy (non-hydrogen) atoms. The van der Waals surface area contributed by atoms with Gasteiger partial charge in [0.15, 0.2) is 5.82 Å². The highest BCUT2D eigenvalue weighted by molar-refractivity contribution is 5.57. The summed E-state index contributed by atoms with van der Waals surface area (Å²) in [7, 11) is 0. The third-order valence-electron chi connectivity index (χ3n) is 6.42. The van der Waals surface area contributed by atoms with E-state index in [4.69, 9.17) is 0 Å². The van der Waals surface area contributed by atoms with Crippen molar-refractivity contribution >= 4 is 11.5 Å². The van der Waals surface area contributed by atoms with Crippen LogP contribution in [0.2, 0.25) is 0 Å². The molecule has 8 heteroatoms. The van der Waals surface area contributed by atoms with E-state index in [1.165, 1.54) is 12.1 Å². The van der Waals surface area contributed by atoms with Gasteiger partial charge in [-0.1, -0.05) is 24.8 Å². The molecule has 3 aromatic rings. The molecule has 1 aliphatic heterocycles. The molecule has 156 valence electrons. The Bertz CT molecular complexity index is 1110. The lowest BCUT2D eigenvalue weighted by atomic mass is 9.91. The van der Waals surface area contributed by atoms with Crippen molar-refractivity contribution in [1.82, 2.24) is 24.5 Å². The summed E-state index contributed by atoms with van der Waals surface area (Å²) < 4.78 is 41.9. The van der Waals surface area contributed by atoms with Gasteiger partial charge in [-0.15, -0.1) is 5.10 Å². The molecule has 0 amide bonds. The van der Waals surface area contributed by atoms with Gasteiger partial charge in [0.1, 0.15) is 0 Å². The van der Waals surface area contributed by atoms with Crippen LogP contribution in [0, 0.1) is 18.8 Å². The predicted octanol–water partition coefficient (Wildman–Crippen LogP) is 4.55. The highest BCUT2D eigenvalue weighted by Gasteiger charge is 2.44. The number of halogens is 3. The van der Waals surface area contributed by atoms with Gasteiger partial charge in [0.05, 0.1) is 11.3 Å². The Balaban J connectivity index is 1.31. The lowest BCUT2D eigenvalue weighted by Crippen LogP contribution is -2.21. The van der Waals surface area contributed by atoms with E-state index in [1.807, 2.05) is 13.1 Å². The Labute approximate surface area is 172 Å². The number of aryl methyl sites for hydroxylation is 1. The summed E-state index contributed by atoms with van der Waals surface area (Å²) in [6.45, 7) is 7.68. The third-order valence-corrected chi connectivity index (χ3v) is 6.42. The van der Waals surface area contributed by atoms with Gasteiger partial charge in [-0.3, -0.25) is 0 Å². The van der Waals surface area contributed by atoms with E-state index in [2.05, 4.69) is 26.5 Å². The van der Waals surface area contributed by atoms with Crippen LogP contribution in [0.1, 0.15) is 41.3 Å².